The Bertz CT molecular complexity index is 401. The van der Waals surface area contributed by atoms with Gasteiger partial charge < -0.3 is 20.7 Å². The fourth-order valence-electron chi connectivity index (χ4n) is 1.57. The molecule has 0 saturated heterocycles. The number of unbranched alkanes of at least 4 members (excludes halogenated alkanes) is 1. The van der Waals surface area contributed by atoms with Crippen LogP contribution in [0.15, 0.2) is 12.1 Å². The number of ether oxygens (including phenoxy) is 1. The van der Waals surface area contributed by atoms with Crippen molar-refractivity contribution in [1.82, 2.24) is 4.98 Å². The largest absolute Gasteiger partial charge is 0.425 e. The molecule has 6 nitrogen and oxygen atoms in total. The Labute approximate surface area is 112 Å². The Hall–Kier alpha value is -1.50. The minimum Gasteiger partial charge on any atom is -0.425 e. The lowest BCUT2D eigenvalue weighted by molar-refractivity contribution is -0.136. The van der Waals surface area contributed by atoms with Crippen LogP contribution in [-0.4, -0.2) is 27.2 Å². The van der Waals surface area contributed by atoms with Gasteiger partial charge >= 0.3 is 5.97 Å². The summed E-state index contributed by atoms with van der Waals surface area (Å²) in [5.41, 5.74) is 6.36. The third kappa shape index (κ3) is 4.94. The quantitative estimate of drug-likeness (QED) is 0.621. The maximum Gasteiger partial charge on any atom is 0.328 e. The fourth-order valence-corrected chi connectivity index (χ4v) is 1.57. The van der Waals surface area contributed by atoms with Crippen LogP contribution in [0.2, 0.25) is 0 Å². The van der Waals surface area contributed by atoms with Gasteiger partial charge in [0.25, 0.3) is 0 Å². The number of rotatable bonds is 7. The molecule has 0 bridgehead atoms. The molecule has 1 aromatic heterocycles. The van der Waals surface area contributed by atoms with E-state index in [1.54, 1.807) is 0 Å². The predicted molar refractivity (Wildman–Crippen MR) is 69.2 cm³/mol. The standard InChI is InChI=1S/C13H20N2O4/c1-2-3-4-12(14)13(18)19-11-5-9(7-16)15-10(6-11)8-17/h5-6,12,16-17H,2-4,7-8,14H2,1H3. The van der Waals surface area contributed by atoms with Gasteiger partial charge in [-0.3, -0.25) is 4.98 Å². The summed E-state index contributed by atoms with van der Waals surface area (Å²) >= 11 is 0. The Morgan fingerprint density at radius 3 is 2.42 bits per heavy atom. The highest BCUT2D eigenvalue weighted by atomic mass is 16.5. The van der Waals surface area contributed by atoms with Gasteiger partial charge in [-0.1, -0.05) is 19.8 Å². The van der Waals surface area contributed by atoms with Crippen LogP contribution in [0, 0.1) is 0 Å². The molecular weight excluding hydrogens is 248 g/mol. The van der Waals surface area contributed by atoms with E-state index in [0.717, 1.165) is 12.8 Å². The Balaban J connectivity index is 2.72. The number of nitrogens with zero attached hydrogens (tertiary/aromatic N) is 1. The van der Waals surface area contributed by atoms with Crippen LogP contribution in [-0.2, 0) is 18.0 Å². The average Bonchev–Trinajstić information content (AvgIpc) is 2.43. The highest BCUT2D eigenvalue weighted by molar-refractivity contribution is 5.77. The van der Waals surface area contributed by atoms with Crippen molar-refractivity contribution >= 4 is 5.97 Å². The fraction of sp³-hybridized carbons (Fsp3) is 0.538. The second-order valence-electron chi connectivity index (χ2n) is 4.27. The molecule has 0 aliphatic heterocycles. The van der Waals surface area contributed by atoms with Gasteiger partial charge in [-0.2, -0.15) is 0 Å². The average molecular weight is 268 g/mol. The highest BCUT2D eigenvalue weighted by Gasteiger charge is 2.16. The van der Waals surface area contributed by atoms with Crippen molar-refractivity contribution in [2.75, 3.05) is 0 Å². The minimum atomic E-state index is -0.664. The Kier molecular flexibility index (Phi) is 6.41. The third-order valence-corrected chi connectivity index (χ3v) is 2.62. The number of hydrogen-bond donors (Lipinski definition) is 3. The molecule has 1 rings (SSSR count). The molecule has 19 heavy (non-hydrogen) atoms. The van der Waals surface area contributed by atoms with Crippen LogP contribution in [0.4, 0.5) is 0 Å². The van der Waals surface area contributed by atoms with Crippen molar-refractivity contribution in [2.24, 2.45) is 5.73 Å². The summed E-state index contributed by atoms with van der Waals surface area (Å²) in [6.45, 7) is 1.43. The van der Waals surface area contributed by atoms with E-state index in [1.807, 2.05) is 6.92 Å². The van der Waals surface area contributed by atoms with Gasteiger partial charge in [-0.15, -0.1) is 0 Å². The molecule has 0 aliphatic rings. The summed E-state index contributed by atoms with van der Waals surface area (Å²) in [5.74, 6) is -0.285. The van der Waals surface area contributed by atoms with Gasteiger partial charge in [0.15, 0.2) is 0 Å². The number of nitrogens with two attached hydrogens (primary N) is 1. The van der Waals surface area contributed by atoms with E-state index in [4.69, 9.17) is 20.7 Å². The summed E-state index contributed by atoms with van der Waals surface area (Å²) in [6.07, 6.45) is 2.39. The van der Waals surface area contributed by atoms with Gasteiger partial charge in [-0.25, -0.2) is 4.79 Å². The van der Waals surface area contributed by atoms with Crippen LogP contribution in [0.25, 0.3) is 0 Å². The van der Waals surface area contributed by atoms with Gasteiger partial charge in [0, 0.05) is 12.1 Å². The second kappa shape index (κ2) is 7.83. The molecular formula is C13H20N2O4. The number of esters is 1. The lowest BCUT2D eigenvalue weighted by Crippen LogP contribution is -2.34. The molecule has 0 saturated carbocycles. The third-order valence-electron chi connectivity index (χ3n) is 2.62. The van der Waals surface area contributed by atoms with Crippen LogP contribution < -0.4 is 10.5 Å². The SMILES string of the molecule is CCCCC(N)C(=O)Oc1cc(CO)nc(CO)c1. The van der Waals surface area contributed by atoms with Crippen molar-refractivity contribution in [2.45, 2.75) is 45.4 Å². The normalized spacial score (nSPS) is 12.2. The molecule has 1 aromatic rings. The molecule has 0 radical (unpaired) electrons. The summed E-state index contributed by atoms with van der Waals surface area (Å²) in [7, 11) is 0. The van der Waals surface area contributed by atoms with Crippen molar-refractivity contribution in [3.8, 4) is 5.75 Å². The zero-order valence-electron chi connectivity index (χ0n) is 11.0. The molecule has 1 heterocycles. The minimum absolute atomic E-state index is 0.236. The smallest absolute Gasteiger partial charge is 0.328 e. The lowest BCUT2D eigenvalue weighted by Gasteiger charge is -2.12. The van der Waals surface area contributed by atoms with Crippen molar-refractivity contribution in [1.29, 1.82) is 0 Å². The van der Waals surface area contributed by atoms with E-state index in [2.05, 4.69) is 4.98 Å². The molecule has 4 N–H and O–H groups in total. The Morgan fingerprint density at radius 2 is 1.95 bits per heavy atom. The topological polar surface area (TPSA) is 106 Å². The maximum absolute atomic E-state index is 11.7. The van der Waals surface area contributed by atoms with E-state index >= 15 is 0 Å². The van der Waals surface area contributed by atoms with Crippen LogP contribution in [0.1, 0.15) is 37.6 Å². The number of hydrogen-bond acceptors (Lipinski definition) is 6. The summed E-state index contributed by atoms with van der Waals surface area (Å²) in [6, 6.07) is 2.23. The predicted octanol–water partition coefficient (Wildman–Crippen LogP) is 0.489. The Morgan fingerprint density at radius 1 is 1.37 bits per heavy atom. The number of aromatic nitrogens is 1. The zero-order chi connectivity index (χ0) is 14.3. The van der Waals surface area contributed by atoms with E-state index in [1.165, 1.54) is 12.1 Å². The molecule has 6 heteroatoms. The van der Waals surface area contributed by atoms with E-state index < -0.39 is 12.0 Å². The lowest BCUT2D eigenvalue weighted by atomic mass is 10.1. The van der Waals surface area contributed by atoms with Crippen LogP contribution >= 0.6 is 0 Å². The number of pyridine rings is 1. The van der Waals surface area contributed by atoms with Gasteiger partial charge in [0.05, 0.1) is 24.6 Å². The van der Waals surface area contributed by atoms with Gasteiger partial charge in [-0.05, 0) is 6.42 Å². The van der Waals surface area contributed by atoms with E-state index in [0.29, 0.717) is 17.8 Å². The molecule has 0 spiro atoms. The monoisotopic (exact) mass is 268 g/mol. The van der Waals surface area contributed by atoms with Gasteiger partial charge in [0.1, 0.15) is 11.8 Å². The number of carbonyl (C=O) groups is 1. The highest BCUT2D eigenvalue weighted by Crippen LogP contribution is 2.16. The number of carbonyl (C=O) groups excluding carboxylic acids is 1. The summed E-state index contributed by atoms with van der Waals surface area (Å²) < 4.78 is 5.13. The summed E-state index contributed by atoms with van der Waals surface area (Å²) in [5, 5.41) is 18.1. The number of aliphatic hydroxyl groups excluding tert-OH is 2. The molecule has 0 fully saturated rings. The first kappa shape index (κ1) is 15.6. The van der Waals surface area contributed by atoms with Crippen LogP contribution in [0.5, 0.6) is 5.75 Å². The van der Waals surface area contributed by atoms with Crippen molar-refractivity contribution in [3.63, 3.8) is 0 Å². The van der Waals surface area contributed by atoms with E-state index in [-0.39, 0.29) is 19.0 Å². The molecule has 1 atom stereocenters. The first-order valence-corrected chi connectivity index (χ1v) is 6.29. The number of aliphatic hydroxyl groups is 2. The molecule has 0 aromatic carbocycles. The van der Waals surface area contributed by atoms with Gasteiger partial charge in [0.2, 0.25) is 0 Å². The van der Waals surface area contributed by atoms with Crippen LogP contribution in [0.3, 0.4) is 0 Å². The zero-order valence-corrected chi connectivity index (χ0v) is 11.0. The molecule has 0 aliphatic carbocycles. The molecule has 106 valence electrons. The second-order valence-corrected chi connectivity index (χ2v) is 4.27. The van der Waals surface area contributed by atoms with E-state index in [9.17, 15) is 4.79 Å². The maximum atomic E-state index is 11.7. The molecule has 0 amide bonds. The van der Waals surface area contributed by atoms with Crippen molar-refractivity contribution < 1.29 is 19.7 Å². The van der Waals surface area contributed by atoms with Crippen molar-refractivity contribution in [3.05, 3.63) is 23.5 Å². The first-order valence-electron chi connectivity index (χ1n) is 6.29. The first-order chi connectivity index (χ1) is 9.10. The summed E-state index contributed by atoms with van der Waals surface area (Å²) in [4.78, 5) is 15.7. The molecule has 1 unspecified atom stereocenters.